The zero-order valence-electron chi connectivity index (χ0n) is 15.2. The molecular formula is C21H28O4S. The summed E-state index contributed by atoms with van der Waals surface area (Å²) in [6.07, 6.45) is 13.1. The molecule has 4 rings (SSSR count). The highest BCUT2D eigenvalue weighted by atomic mass is 32.2. The van der Waals surface area contributed by atoms with Crippen molar-refractivity contribution in [2.45, 2.75) is 57.3 Å². The van der Waals surface area contributed by atoms with Gasteiger partial charge in [0.1, 0.15) is 18.1 Å². The first kappa shape index (κ1) is 18.1. The lowest BCUT2D eigenvalue weighted by molar-refractivity contribution is 0.216. The van der Waals surface area contributed by atoms with Crippen LogP contribution >= 0.6 is 0 Å². The van der Waals surface area contributed by atoms with Gasteiger partial charge < -0.3 is 14.0 Å². The summed E-state index contributed by atoms with van der Waals surface area (Å²) in [5.41, 5.74) is 2.90. The molecule has 142 valence electrons. The molecule has 0 aromatic heterocycles. The predicted molar refractivity (Wildman–Crippen MR) is 103 cm³/mol. The first-order valence-electron chi connectivity index (χ1n) is 9.81. The van der Waals surface area contributed by atoms with Gasteiger partial charge in [-0.15, -0.1) is 0 Å². The van der Waals surface area contributed by atoms with Gasteiger partial charge in [0.2, 0.25) is 0 Å². The van der Waals surface area contributed by atoms with E-state index in [1.54, 1.807) is 0 Å². The highest BCUT2D eigenvalue weighted by molar-refractivity contribution is 7.79. The highest BCUT2D eigenvalue weighted by Crippen LogP contribution is 2.45. The summed E-state index contributed by atoms with van der Waals surface area (Å²) in [5, 5.41) is 0. The van der Waals surface area contributed by atoms with E-state index in [0.717, 1.165) is 23.5 Å². The Morgan fingerprint density at radius 3 is 2.81 bits per heavy atom. The van der Waals surface area contributed by atoms with Crippen LogP contribution in [0.4, 0.5) is 0 Å². The van der Waals surface area contributed by atoms with Crippen molar-refractivity contribution in [3.8, 4) is 11.5 Å². The van der Waals surface area contributed by atoms with Crippen molar-refractivity contribution < 1.29 is 18.2 Å². The van der Waals surface area contributed by atoms with Crippen LogP contribution in [0.1, 0.15) is 62.8 Å². The van der Waals surface area contributed by atoms with Crippen LogP contribution in [0.5, 0.6) is 11.5 Å². The van der Waals surface area contributed by atoms with E-state index < -0.39 is 11.1 Å². The van der Waals surface area contributed by atoms with Crippen LogP contribution in [0, 0.1) is 5.41 Å². The lowest BCUT2D eigenvalue weighted by Gasteiger charge is -2.38. The van der Waals surface area contributed by atoms with Gasteiger partial charge in [0.25, 0.3) is 0 Å². The zero-order valence-corrected chi connectivity index (χ0v) is 16.1. The molecular weight excluding hydrogens is 348 g/mol. The molecule has 0 radical (unpaired) electrons. The quantitative estimate of drug-likeness (QED) is 0.591. The van der Waals surface area contributed by atoms with Crippen LogP contribution in [0.3, 0.4) is 0 Å². The van der Waals surface area contributed by atoms with Crippen molar-refractivity contribution in [2.24, 2.45) is 5.41 Å². The molecule has 1 fully saturated rings. The lowest BCUT2D eigenvalue weighted by Crippen LogP contribution is -2.25. The SMILES string of the molecule is O=S(O)CC1COc2cc(OCC3=CC4(CCCCC4)CCC3)ccc21. The monoisotopic (exact) mass is 376 g/mol. The third-order valence-corrected chi connectivity index (χ3v) is 6.85. The van der Waals surface area contributed by atoms with Crippen LogP contribution in [0.25, 0.3) is 0 Å². The highest BCUT2D eigenvalue weighted by Gasteiger charge is 2.32. The maximum Gasteiger partial charge on any atom is 0.153 e. The van der Waals surface area contributed by atoms with Crippen LogP contribution in [-0.2, 0) is 11.1 Å². The Balaban J connectivity index is 1.40. The van der Waals surface area contributed by atoms with Gasteiger partial charge in [-0.05, 0) is 49.2 Å². The van der Waals surface area contributed by atoms with Crippen LogP contribution < -0.4 is 9.47 Å². The molecule has 2 aliphatic carbocycles. The summed E-state index contributed by atoms with van der Waals surface area (Å²) < 4.78 is 31.9. The second-order valence-electron chi connectivity index (χ2n) is 8.06. The first-order chi connectivity index (χ1) is 12.6. The second kappa shape index (κ2) is 7.73. The van der Waals surface area contributed by atoms with E-state index in [4.69, 9.17) is 14.0 Å². The molecule has 0 bridgehead atoms. The molecule has 1 aromatic carbocycles. The van der Waals surface area contributed by atoms with E-state index in [1.807, 2.05) is 18.2 Å². The zero-order chi connectivity index (χ0) is 18.0. The second-order valence-corrected chi connectivity index (χ2v) is 9.04. The Morgan fingerprint density at radius 1 is 1.19 bits per heavy atom. The minimum atomic E-state index is -1.80. The van der Waals surface area contributed by atoms with Gasteiger partial charge in [0.05, 0.1) is 12.4 Å². The maximum absolute atomic E-state index is 11.1. The van der Waals surface area contributed by atoms with Gasteiger partial charge in [-0.2, -0.15) is 0 Å². The molecule has 1 N–H and O–H groups in total. The van der Waals surface area contributed by atoms with E-state index in [0.29, 0.717) is 18.6 Å². The fraction of sp³-hybridized carbons (Fsp3) is 0.619. The molecule has 1 aliphatic heterocycles. The van der Waals surface area contributed by atoms with Gasteiger partial charge in [-0.25, -0.2) is 4.21 Å². The fourth-order valence-electron chi connectivity index (χ4n) is 4.84. The van der Waals surface area contributed by atoms with Gasteiger partial charge in [-0.1, -0.05) is 31.4 Å². The van der Waals surface area contributed by atoms with Crippen molar-refractivity contribution in [3.63, 3.8) is 0 Å². The summed E-state index contributed by atoms with van der Waals surface area (Å²) in [7, 11) is 0. The Bertz CT molecular complexity index is 706. The number of fused-ring (bicyclic) bond motifs is 1. The number of hydrogen-bond donors (Lipinski definition) is 1. The summed E-state index contributed by atoms with van der Waals surface area (Å²) in [6.45, 7) is 1.13. The number of rotatable bonds is 5. The number of hydrogen-bond acceptors (Lipinski definition) is 3. The molecule has 1 aromatic rings. The van der Waals surface area contributed by atoms with Crippen molar-refractivity contribution >= 4 is 11.1 Å². The number of benzene rings is 1. The fourth-order valence-corrected chi connectivity index (χ4v) is 5.46. The van der Waals surface area contributed by atoms with E-state index in [-0.39, 0.29) is 11.7 Å². The van der Waals surface area contributed by atoms with Crippen molar-refractivity contribution in [1.82, 2.24) is 0 Å². The average molecular weight is 377 g/mol. The van der Waals surface area contributed by atoms with Crippen molar-refractivity contribution in [2.75, 3.05) is 19.0 Å². The van der Waals surface area contributed by atoms with E-state index in [2.05, 4.69) is 6.08 Å². The molecule has 1 spiro atoms. The molecule has 0 amide bonds. The standard InChI is InChI=1S/C21H28O4S/c22-26(23)15-17-14-25-20-11-18(6-7-19(17)20)24-13-16-5-4-10-21(12-16)8-2-1-3-9-21/h6-7,11-12,17H,1-5,8-10,13-15H2,(H,22,23). The topological polar surface area (TPSA) is 55.8 Å². The molecule has 26 heavy (non-hydrogen) atoms. The average Bonchev–Trinajstić information content (AvgIpc) is 3.02. The Hall–Kier alpha value is -1.33. The molecule has 2 atom stereocenters. The van der Waals surface area contributed by atoms with Crippen LogP contribution in [0.2, 0.25) is 0 Å². The van der Waals surface area contributed by atoms with Gasteiger partial charge >= 0.3 is 0 Å². The molecule has 4 nitrogen and oxygen atoms in total. The summed E-state index contributed by atoms with van der Waals surface area (Å²) in [5.74, 6) is 1.83. The minimum Gasteiger partial charge on any atom is -0.492 e. The molecule has 1 heterocycles. The van der Waals surface area contributed by atoms with Crippen LogP contribution in [0.15, 0.2) is 29.8 Å². The molecule has 0 saturated heterocycles. The van der Waals surface area contributed by atoms with Gasteiger partial charge in [0, 0.05) is 17.5 Å². The predicted octanol–water partition coefficient (Wildman–Crippen LogP) is 4.82. The minimum absolute atomic E-state index is 0.00269. The number of ether oxygens (including phenoxy) is 2. The summed E-state index contributed by atoms with van der Waals surface area (Å²) in [6, 6.07) is 5.86. The molecule has 5 heteroatoms. The molecule has 2 unspecified atom stereocenters. The van der Waals surface area contributed by atoms with E-state index in [1.165, 1.54) is 50.5 Å². The largest absolute Gasteiger partial charge is 0.492 e. The lowest BCUT2D eigenvalue weighted by atomic mass is 9.67. The van der Waals surface area contributed by atoms with Crippen LogP contribution in [-0.4, -0.2) is 27.7 Å². The number of allylic oxidation sites excluding steroid dienone is 1. The molecule has 1 saturated carbocycles. The van der Waals surface area contributed by atoms with E-state index >= 15 is 0 Å². The van der Waals surface area contributed by atoms with Gasteiger partial charge in [0.15, 0.2) is 11.1 Å². The Kier molecular flexibility index (Phi) is 5.37. The molecule has 3 aliphatic rings. The van der Waals surface area contributed by atoms with Gasteiger partial charge in [-0.3, -0.25) is 0 Å². The van der Waals surface area contributed by atoms with Crippen molar-refractivity contribution in [3.05, 3.63) is 35.4 Å². The Morgan fingerprint density at radius 2 is 2.00 bits per heavy atom. The first-order valence-corrected chi connectivity index (χ1v) is 11.1. The third-order valence-electron chi connectivity index (χ3n) is 6.17. The summed E-state index contributed by atoms with van der Waals surface area (Å²) in [4.78, 5) is 0. The Labute approximate surface area is 158 Å². The normalized spacial score (nSPS) is 25.3. The third kappa shape index (κ3) is 3.99. The smallest absolute Gasteiger partial charge is 0.153 e. The van der Waals surface area contributed by atoms with Crippen molar-refractivity contribution in [1.29, 1.82) is 0 Å². The maximum atomic E-state index is 11.1. The summed E-state index contributed by atoms with van der Waals surface area (Å²) >= 11 is -1.80. The van der Waals surface area contributed by atoms with E-state index in [9.17, 15) is 4.21 Å².